The first-order valence-electron chi connectivity index (χ1n) is 5.63. The third-order valence-electron chi connectivity index (χ3n) is 2.46. The third-order valence-corrected chi connectivity index (χ3v) is 3.56. The van der Waals surface area contributed by atoms with Crippen molar-refractivity contribution < 1.29 is 4.79 Å². The monoisotopic (exact) mass is 283 g/mol. The van der Waals surface area contributed by atoms with Gasteiger partial charge in [-0.15, -0.1) is 0 Å². The molecule has 1 amide bonds. The van der Waals surface area contributed by atoms with E-state index in [1.165, 1.54) is 0 Å². The van der Waals surface area contributed by atoms with Crippen LogP contribution >= 0.6 is 15.9 Å². The van der Waals surface area contributed by atoms with Crippen LogP contribution in [0.3, 0.4) is 0 Å². The van der Waals surface area contributed by atoms with E-state index < -0.39 is 0 Å². The summed E-state index contributed by atoms with van der Waals surface area (Å²) in [5.41, 5.74) is 0.732. The van der Waals surface area contributed by atoms with Crippen molar-refractivity contribution in [2.24, 2.45) is 5.92 Å². The Hall–Kier alpha value is -0.830. The quantitative estimate of drug-likeness (QED) is 0.630. The molecule has 3 heteroatoms. The molecule has 16 heavy (non-hydrogen) atoms. The Labute approximate surface area is 106 Å². The summed E-state index contributed by atoms with van der Waals surface area (Å²) in [6.07, 6.45) is 2.17. The molecule has 2 nitrogen and oxygen atoms in total. The average molecular weight is 284 g/mol. The highest BCUT2D eigenvalue weighted by molar-refractivity contribution is 9.09. The highest BCUT2D eigenvalue weighted by Gasteiger charge is 2.04. The van der Waals surface area contributed by atoms with E-state index in [0.29, 0.717) is 5.92 Å². The van der Waals surface area contributed by atoms with Crippen LogP contribution in [0, 0.1) is 5.92 Å². The molecule has 0 radical (unpaired) electrons. The zero-order valence-corrected chi connectivity index (χ0v) is 11.2. The highest BCUT2D eigenvalue weighted by Crippen LogP contribution is 2.07. The average Bonchev–Trinajstić information content (AvgIpc) is 2.35. The molecule has 1 atom stereocenters. The van der Waals surface area contributed by atoms with Crippen LogP contribution in [0.5, 0.6) is 0 Å². The fourth-order valence-corrected chi connectivity index (χ4v) is 1.74. The lowest BCUT2D eigenvalue weighted by Crippen LogP contribution is -2.24. The summed E-state index contributed by atoms with van der Waals surface area (Å²) in [5.74, 6) is 0.695. The van der Waals surface area contributed by atoms with E-state index in [1.54, 1.807) is 0 Å². The van der Waals surface area contributed by atoms with E-state index in [4.69, 9.17) is 0 Å². The van der Waals surface area contributed by atoms with Gasteiger partial charge in [-0.05, 0) is 30.9 Å². The Balaban J connectivity index is 2.21. The van der Waals surface area contributed by atoms with Gasteiger partial charge in [-0.25, -0.2) is 0 Å². The molecule has 0 aliphatic rings. The summed E-state index contributed by atoms with van der Waals surface area (Å²) in [4.78, 5) is 11.6. The van der Waals surface area contributed by atoms with Crippen molar-refractivity contribution >= 4 is 21.8 Å². The summed E-state index contributed by atoms with van der Waals surface area (Å²) in [6.45, 7) is 2.96. The zero-order valence-electron chi connectivity index (χ0n) is 9.58. The molecule has 1 aromatic rings. The number of benzene rings is 1. The van der Waals surface area contributed by atoms with Gasteiger partial charge >= 0.3 is 0 Å². The topological polar surface area (TPSA) is 29.1 Å². The van der Waals surface area contributed by atoms with E-state index in [-0.39, 0.29) is 5.91 Å². The number of carbonyl (C=O) groups excluding carboxylic acids is 1. The molecule has 0 aliphatic heterocycles. The molecule has 1 aromatic carbocycles. The van der Waals surface area contributed by atoms with Gasteiger partial charge in [0.1, 0.15) is 0 Å². The number of amides is 1. The highest BCUT2D eigenvalue weighted by atomic mass is 79.9. The molecule has 0 bridgehead atoms. The van der Waals surface area contributed by atoms with Crippen molar-refractivity contribution in [1.82, 2.24) is 5.32 Å². The minimum Gasteiger partial charge on any atom is -0.352 e. The van der Waals surface area contributed by atoms with E-state index in [9.17, 15) is 4.79 Å². The number of alkyl halides is 1. The summed E-state index contributed by atoms with van der Waals surface area (Å²) < 4.78 is 0. The van der Waals surface area contributed by atoms with Gasteiger partial charge in [0.2, 0.25) is 0 Å². The van der Waals surface area contributed by atoms with Crippen LogP contribution in [0.4, 0.5) is 0 Å². The normalized spacial score (nSPS) is 12.1. The van der Waals surface area contributed by atoms with Gasteiger partial charge < -0.3 is 5.32 Å². The molecule has 0 saturated carbocycles. The van der Waals surface area contributed by atoms with Crippen molar-refractivity contribution in [3.05, 3.63) is 35.9 Å². The lowest BCUT2D eigenvalue weighted by Gasteiger charge is -2.08. The maximum absolute atomic E-state index is 11.6. The summed E-state index contributed by atoms with van der Waals surface area (Å²) in [6, 6.07) is 9.32. The van der Waals surface area contributed by atoms with Crippen LogP contribution in [0.2, 0.25) is 0 Å². The van der Waals surface area contributed by atoms with Gasteiger partial charge in [-0.2, -0.15) is 0 Å². The lowest BCUT2D eigenvalue weighted by molar-refractivity contribution is 0.0952. The SMILES string of the molecule is CC(CBr)CCCNC(=O)c1ccccc1. The van der Waals surface area contributed by atoms with Crippen molar-refractivity contribution in [2.75, 3.05) is 11.9 Å². The van der Waals surface area contributed by atoms with Gasteiger partial charge in [0.15, 0.2) is 0 Å². The fraction of sp³-hybridized carbons (Fsp3) is 0.462. The first-order chi connectivity index (χ1) is 7.74. The minimum absolute atomic E-state index is 0.0205. The van der Waals surface area contributed by atoms with Gasteiger partial charge in [0.25, 0.3) is 5.91 Å². The van der Waals surface area contributed by atoms with Crippen LogP contribution in [-0.2, 0) is 0 Å². The molecular formula is C13H18BrNO. The second-order valence-electron chi connectivity index (χ2n) is 4.02. The van der Waals surface area contributed by atoms with Gasteiger partial charge in [0.05, 0.1) is 0 Å². The van der Waals surface area contributed by atoms with Gasteiger partial charge in [0, 0.05) is 17.4 Å². The van der Waals surface area contributed by atoms with Crippen LogP contribution in [0.25, 0.3) is 0 Å². The van der Waals surface area contributed by atoms with Crippen molar-refractivity contribution in [3.8, 4) is 0 Å². The zero-order chi connectivity index (χ0) is 11.8. The number of carbonyl (C=O) groups is 1. The standard InChI is InChI=1S/C13H18BrNO/c1-11(10-14)6-5-9-15-13(16)12-7-3-2-4-8-12/h2-4,7-8,11H,5-6,9-10H2,1H3,(H,15,16). The summed E-state index contributed by atoms with van der Waals surface area (Å²) in [7, 11) is 0. The Morgan fingerprint density at radius 1 is 1.38 bits per heavy atom. The molecule has 0 aromatic heterocycles. The largest absolute Gasteiger partial charge is 0.352 e. The predicted molar refractivity (Wildman–Crippen MR) is 71.0 cm³/mol. The Bertz CT molecular complexity index is 313. The summed E-state index contributed by atoms with van der Waals surface area (Å²) in [5, 5.41) is 3.95. The summed E-state index contributed by atoms with van der Waals surface area (Å²) >= 11 is 3.45. The molecule has 1 N–H and O–H groups in total. The molecule has 0 saturated heterocycles. The van der Waals surface area contributed by atoms with E-state index in [2.05, 4.69) is 28.2 Å². The first kappa shape index (κ1) is 13.2. The second kappa shape index (κ2) is 7.44. The predicted octanol–water partition coefficient (Wildman–Crippen LogP) is 3.23. The van der Waals surface area contributed by atoms with Crippen LogP contribution in [0.15, 0.2) is 30.3 Å². The van der Waals surface area contributed by atoms with Crippen molar-refractivity contribution in [1.29, 1.82) is 0 Å². The number of hydrogen-bond donors (Lipinski definition) is 1. The number of nitrogens with one attached hydrogen (secondary N) is 1. The number of rotatable bonds is 6. The van der Waals surface area contributed by atoms with Crippen LogP contribution in [-0.4, -0.2) is 17.8 Å². The molecule has 0 heterocycles. The Morgan fingerprint density at radius 2 is 2.06 bits per heavy atom. The molecule has 0 spiro atoms. The van der Waals surface area contributed by atoms with Gasteiger partial charge in [-0.3, -0.25) is 4.79 Å². The number of halogens is 1. The van der Waals surface area contributed by atoms with Crippen molar-refractivity contribution in [2.45, 2.75) is 19.8 Å². The molecule has 1 rings (SSSR count). The van der Waals surface area contributed by atoms with Crippen LogP contribution < -0.4 is 5.32 Å². The van der Waals surface area contributed by atoms with E-state index in [0.717, 1.165) is 30.3 Å². The second-order valence-corrected chi connectivity index (χ2v) is 4.67. The maximum Gasteiger partial charge on any atom is 0.251 e. The van der Waals surface area contributed by atoms with E-state index in [1.807, 2.05) is 30.3 Å². The molecule has 0 fully saturated rings. The molecular weight excluding hydrogens is 266 g/mol. The smallest absolute Gasteiger partial charge is 0.251 e. The van der Waals surface area contributed by atoms with Crippen molar-refractivity contribution in [3.63, 3.8) is 0 Å². The molecule has 0 aliphatic carbocycles. The molecule has 1 unspecified atom stereocenters. The third kappa shape index (κ3) is 4.79. The van der Waals surface area contributed by atoms with E-state index >= 15 is 0 Å². The Kier molecular flexibility index (Phi) is 6.16. The first-order valence-corrected chi connectivity index (χ1v) is 6.75. The number of hydrogen-bond acceptors (Lipinski definition) is 1. The molecule has 88 valence electrons. The van der Waals surface area contributed by atoms with Gasteiger partial charge in [-0.1, -0.05) is 41.1 Å². The fourth-order valence-electron chi connectivity index (χ4n) is 1.42. The minimum atomic E-state index is 0.0205. The Morgan fingerprint density at radius 3 is 2.69 bits per heavy atom. The maximum atomic E-state index is 11.6. The lowest BCUT2D eigenvalue weighted by atomic mass is 10.1. The van der Waals surface area contributed by atoms with Crippen LogP contribution in [0.1, 0.15) is 30.1 Å².